The van der Waals surface area contributed by atoms with Crippen LogP contribution in [0, 0.1) is 0 Å². The maximum Gasteiger partial charge on any atom is 0.414 e. The number of pyridine rings is 1. The zero-order valence-electron chi connectivity index (χ0n) is 12.3. The van der Waals surface area contributed by atoms with Gasteiger partial charge in [0.2, 0.25) is 0 Å². The van der Waals surface area contributed by atoms with E-state index >= 15 is 0 Å². The molecule has 0 N–H and O–H groups in total. The Balaban J connectivity index is 2.45. The van der Waals surface area contributed by atoms with Gasteiger partial charge >= 0.3 is 6.09 Å². The van der Waals surface area contributed by atoms with Crippen LogP contribution in [0.1, 0.15) is 40.2 Å². The van der Waals surface area contributed by atoms with Gasteiger partial charge in [-0.1, -0.05) is 13.8 Å². The molecule has 0 atom stereocenters. The third kappa shape index (κ3) is 3.01. The van der Waals surface area contributed by atoms with Crippen molar-refractivity contribution in [3.05, 3.63) is 20.8 Å². The first kappa shape index (κ1) is 15.8. The van der Waals surface area contributed by atoms with E-state index in [0.29, 0.717) is 11.1 Å². The average Bonchev–Trinajstić information content (AvgIpc) is 2.47. The Bertz CT molecular complexity index is 565. The number of hydrogen-bond acceptors (Lipinski definition) is 3. The summed E-state index contributed by atoms with van der Waals surface area (Å²) < 4.78 is 6.94. The summed E-state index contributed by atoms with van der Waals surface area (Å²) in [6.07, 6.45) is -0.325. The number of halogens is 2. The molecule has 1 aromatic heterocycles. The smallest absolute Gasteiger partial charge is 0.414 e. The van der Waals surface area contributed by atoms with Crippen LogP contribution >= 0.6 is 31.9 Å². The van der Waals surface area contributed by atoms with Crippen LogP contribution in [0.15, 0.2) is 15.3 Å². The molecule has 0 unspecified atom stereocenters. The number of rotatable bonds is 0. The summed E-state index contributed by atoms with van der Waals surface area (Å²) in [5.41, 5.74) is 1.20. The van der Waals surface area contributed by atoms with Gasteiger partial charge in [0.1, 0.15) is 14.8 Å². The molecular formula is C14H18Br2N2O2. The first-order valence-corrected chi connectivity index (χ1v) is 7.97. The van der Waals surface area contributed by atoms with Crippen molar-refractivity contribution in [2.24, 2.45) is 0 Å². The number of nitrogens with zero attached hydrogens (tertiary/aromatic N) is 2. The molecule has 20 heavy (non-hydrogen) atoms. The van der Waals surface area contributed by atoms with Gasteiger partial charge in [-0.25, -0.2) is 9.78 Å². The molecule has 1 aromatic rings. The van der Waals surface area contributed by atoms with E-state index in [2.05, 4.69) is 50.7 Å². The maximum atomic E-state index is 12.4. The summed E-state index contributed by atoms with van der Waals surface area (Å²) in [5, 5.41) is 0. The normalized spacial score (nSPS) is 17.1. The Kier molecular flexibility index (Phi) is 3.93. The van der Waals surface area contributed by atoms with Crippen LogP contribution in [0.3, 0.4) is 0 Å². The average molecular weight is 406 g/mol. The van der Waals surface area contributed by atoms with Crippen molar-refractivity contribution in [2.45, 2.75) is 45.6 Å². The molecule has 1 aliphatic rings. The molecule has 2 heterocycles. The lowest BCUT2D eigenvalue weighted by Gasteiger charge is -2.25. The van der Waals surface area contributed by atoms with Crippen molar-refractivity contribution in [3.63, 3.8) is 0 Å². The van der Waals surface area contributed by atoms with Gasteiger partial charge in [-0.3, -0.25) is 4.90 Å². The van der Waals surface area contributed by atoms with Crippen molar-refractivity contribution < 1.29 is 9.53 Å². The van der Waals surface area contributed by atoms with Crippen LogP contribution in [-0.2, 0) is 10.2 Å². The van der Waals surface area contributed by atoms with Gasteiger partial charge in [-0.15, -0.1) is 0 Å². The second-order valence-electron chi connectivity index (χ2n) is 6.58. The van der Waals surface area contributed by atoms with E-state index in [1.165, 1.54) is 0 Å². The molecule has 1 amide bonds. The predicted molar refractivity (Wildman–Crippen MR) is 86.2 cm³/mol. The van der Waals surface area contributed by atoms with E-state index in [4.69, 9.17) is 4.74 Å². The number of aromatic nitrogens is 1. The molecule has 0 saturated carbocycles. The summed E-state index contributed by atoms with van der Waals surface area (Å²) in [4.78, 5) is 18.4. The van der Waals surface area contributed by atoms with E-state index in [1.807, 2.05) is 26.8 Å². The van der Waals surface area contributed by atoms with Crippen LogP contribution in [0.25, 0.3) is 0 Å². The van der Waals surface area contributed by atoms with Gasteiger partial charge in [0, 0.05) is 17.5 Å². The molecule has 0 aromatic carbocycles. The molecule has 0 aliphatic carbocycles. The minimum Gasteiger partial charge on any atom is -0.443 e. The first-order chi connectivity index (χ1) is 9.01. The third-order valence-corrected chi connectivity index (χ3v) is 4.04. The minimum absolute atomic E-state index is 0.168. The monoisotopic (exact) mass is 404 g/mol. The zero-order chi connectivity index (χ0) is 15.3. The predicted octanol–water partition coefficient (Wildman–Crippen LogP) is 4.64. The molecule has 2 rings (SSSR count). The first-order valence-electron chi connectivity index (χ1n) is 6.38. The highest BCUT2D eigenvalue weighted by molar-refractivity contribution is 9.11. The Hall–Kier alpha value is -0.620. The van der Waals surface area contributed by atoms with Crippen LogP contribution in [0.4, 0.5) is 10.5 Å². The highest BCUT2D eigenvalue weighted by atomic mass is 79.9. The zero-order valence-corrected chi connectivity index (χ0v) is 15.4. The molecule has 0 saturated heterocycles. The van der Waals surface area contributed by atoms with Crippen LogP contribution in [-0.4, -0.2) is 23.2 Å². The standard InChI is InChI=1S/C14H18Br2N2O2/c1-13(2,3)20-12(19)18-7-14(4,5)10-8(18)6-9(15)17-11(10)16/h6H,7H2,1-5H3. The number of hydrogen-bond donors (Lipinski definition) is 0. The molecule has 1 aliphatic heterocycles. The van der Waals surface area contributed by atoms with E-state index in [1.54, 1.807) is 4.90 Å². The number of anilines is 1. The van der Waals surface area contributed by atoms with E-state index in [-0.39, 0.29) is 11.5 Å². The van der Waals surface area contributed by atoms with Crippen LogP contribution in [0.5, 0.6) is 0 Å². The lowest BCUT2D eigenvalue weighted by Crippen LogP contribution is -2.38. The lowest BCUT2D eigenvalue weighted by molar-refractivity contribution is 0.0579. The van der Waals surface area contributed by atoms with Gasteiger partial charge in [-0.2, -0.15) is 0 Å². The van der Waals surface area contributed by atoms with Crippen molar-refractivity contribution in [2.75, 3.05) is 11.4 Å². The van der Waals surface area contributed by atoms with Crippen LogP contribution < -0.4 is 4.90 Å². The highest BCUT2D eigenvalue weighted by Crippen LogP contribution is 2.45. The topological polar surface area (TPSA) is 42.4 Å². The second kappa shape index (κ2) is 4.98. The molecule has 4 nitrogen and oxygen atoms in total. The Morgan fingerprint density at radius 2 is 2.00 bits per heavy atom. The van der Waals surface area contributed by atoms with Gasteiger partial charge < -0.3 is 4.74 Å². The fourth-order valence-electron chi connectivity index (χ4n) is 2.35. The third-order valence-electron chi connectivity index (χ3n) is 3.06. The molecule has 0 fully saturated rings. The number of ether oxygens (including phenoxy) is 1. The van der Waals surface area contributed by atoms with E-state index in [9.17, 15) is 4.79 Å². The van der Waals surface area contributed by atoms with Gasteiger partial charge in [-0.05, 0) is 58.7 Å². The molecule has 0 radical (unpaired) electrons. The number of fused-ring (bicyclic) bond motifs is 1. The molecule has 6 heteroatoms. The summed E-state index contributed by atoms with van der Waals surface area (Å²) in [6, 6.07) is 1.86. The molecule has 110 valence electrons. The summed E-state index contributed by atoms with van der Waals surface area (Å²) >= 11 is 6.86. The van der Waals surface area contributed by atoms with E-state index in [0.717, 1.165) is 15.9 Å². The largest absolute Gasteiger partial charge is 0.443 e. The SMILES string of the molecule is CC(C)(C)OC(=O)N1CC(C)(C)c2c1cc(Br)nc2Br. The minimum atomic E-state index is -0.508. The number of amides is 1. The fraction of sp³-hybridized carbons (Fsp3) is 0.571. The number of carbonyl (C=O) groups is 1. The number of carbonyl (C=O) groups excluding carboxylic acids is 1. The van der Waals surface area contributed by atoms with Crippen LogP contribution in [0.2, 0.25) is 0 Å². The van der Waals surface area contributed by atoms with E-state index < -0.39 is 5.60 Å². The summed E-state index contributed by atoms with van der Waals surface area (Å²) in [7, 11) is 0. The quantitative estimate of drug-likeness (QED) is 0.590. The van der Waals surface area contributed by atoms with Crippen molar-refractivity contribution >= 4 is 43.6 Å². The highest BCUT2D eigenvalue weighted by Gasteiger charge is 2.41. The van der Waals surface area contributed by atoms with Gasteiger partial charge in [0.15, 0.2) is 0 Å². The van der Waals surface area contributed by atoms with Crippen molar-refractivity contribution in [3.8, 4) is 0 Å². The maximum absolute atomic E-state index is 12.4. The molecule has 0 bridgehead atoms. The van der Waals surface area contributed by atoms with Crippen molar-refractivity contribution in [1.82, 2.24) is 4.98 Å². The Morgan fingerprint density at radius 1 is 1.40 bits per heavy atom. The Morgan fingerprint density at radius 3 is 2.55 bits per heavy atom. The summed E-state index contributed by atoms with van der Waals surface area (Å²) in [6.45, 7) is 10.4. The molecule has 0 spiro atoms. The lowest BCUT2D eigenvalue weighted by atomic mass is 9.88. The second-order valence-corrected chi connectivity index (χ2v) is 8.14. The van der Waals surface area contributed by atoms with Crippen molar-refractivity contribution in [1.29, 1.82) is 0 Å². The molecular weight excluding hydrogens is 388 g/mol. The summed E-state index contributed by atoms with van der Waals surface area (Å²) in [5.74, 6) is 0. The fourth-order valence-corrected chi connectivity index (χ4v) is 3.91. The van der Waals surface area contributed by atoms with Gasteiger partial charge in [0.05, 0.1) is 5.69 Å². The van der Waals surface area contributed by atoms with Gasteiger partial charge in [0.25, 0.3) is 0 Å². The Labute approximate surface area is 136 Å².